The van der Waals surface area contributed by atoms with E-state index in [0.29, 0.717) is 51.2 Å². The number of hydrogen-bond donors (Lipinski definition) is 1. The van der Waals surface area contributed by atoms with E-state index in [1.165, 1.54) is 32.1 Å². The minimum atomic E-state index is -0.912. The Morgan fingerprint density at radius 1 is 1.02 bits per heavy atom. The van der Waals surface area contributed by atoms with Gasteiger partial charge in [0.1, 0.15) is 19.0 Å². The third kappa shape index (κ3) is 8.15. The van der Waals surface area contributed by atoms with Gasteiger partial charge in [0, 0.05) is 33.3 Å². The molecule has 0 bridgehead atoms. The number of carbonyl (C=O) groups is 3. The van der Waals surface area contributed by atoms with Crippen molar-refractivity contribution >= 4 is 56.8 Å². The first-order chi connectivity index (χ1) is 23.0. The van der Waals surface area contributed by atoms with Crippen LogP contribution in [0.5, 0.6) is 5.75 Å². The number of esters is 2. The summed E-state index contributed by atoms with van der Waals surface area (Å²) in [4.78, 5) is 44.2. The Morgan fingerprint density at radius 3 is 2.42 bits per heavy atom. The first-order valence-electron chi connectivity index (χ1n) is 16.4. The first kappa shape index (κ1) is 35.7. The van der Waals surface area contributed by atoms with Crippen LogP contribution in [0.25, 0.3) is 0 Å². The summed E-state index contributed by atoms with van der Waals surface area (Å²) in [6.45, 7) is 5.37. The molecule has 2 N–H and O–H groups in total. The molecule has 9 nitrogen and oxygen atoms in total. The molecule has 1 aliphatic heterocycles. The smallest absolute Gasteiger partial charge is 0.340 e. The van der Waals surface area contributed by atoms with Gasteiger partial charge >= 0.3 is 11.9 Å². The molecule has 0 saturated heterocycles. The predicted molar refractivity (Wildman–Crippen MR) is 191 cm³/mol. The Morgan fingerprint density at radius 2 is 1.73 bits per heavy atom. The average molecular weight is 741 g/mol. The van der Waals surface area contributed by atoms with Gasteiger partial charge in [0.2, 0.25) is 0 Å². The van der Waals surface area contributed by atoms with Gasteiger partial charge in [-0.2, -0.15) is 0 Å². The molecule has 2 aliphatic rings. The number of nitrogen functional groups attached to an aromatic ring is 1. The molecule has 5 rings (SSSR count). The highest BCUT2D eigenvalue weighted by Gasteiger charge is 2.45. The number of nitrogens with two attached hydrogens (primary N) is 1. The third-order valence-electron chi connectivity index (χ3n) is 9.33. The van der Waals surface area contributed by atoms with E-state index in [0.717, 1.165) is 17.7 Å². The van der Waals surface area contributed by atoms with Gasteiger partial charge in [-0.3, -0.25) is 14.5 Å². The largest absolute Gasteiger partial charge is 0.497 e. The number of carbonyl (C=O) groups excluding carboxylic acids is 3. The second kappa shape index (κ2) is 15.7. The van der Waals surface area contributed by atoms with Gasteiger partial charge in [0.05, 0.1) is 30.3 Å². The molecule has 48 heavy (non-hydrogen) atoms. The van der Waals surface area contributed by atoms with E-state index in [2.05, 4.69) is 27.8 Å². The minimum absolute atomic E-state index is 0.0753. The quantitative estimate of drug-likeness (QED) is 0.115. The van der Waals surface area contributed by atoms with E-state index in [1.807, 2.05) is 25.1 Å². The maximum Gasteiger partial charge on any atom is 0.340 e. The monoisotopic (exact) mass is 739 g/mol. The summed E-state index contributed by atoms with van der Waals surface area (Å²) in [6, 6.07) is 16.4. The van der Waals surface area contributed by atoms with Gasteiger partial charge in [-0.15, -0.1) is 0 Å². The van der Waals surface area contributed by atoms with Gasteiger partial charge in [-0.25, -0.2) is 4.79 Å². The van der Waals surface area contributed by atoms with Gasteiger partial charge in [-0.1, -0.05) is 37.8 Å². The Balaban J connectivity index is 1.20. The van der Waals surface area contributed by atoms with Crippen LogP contribution >= 0.6 is 27.5 Å². The molecule has 0 radical (unpaired) electrons. The number of benzene rings is 3. The number of hydrogen-bond acceptors (Lipinski definition) is 8. The molecule has 256 valence electrons. The number of halogens is 2. The SMILES string of the molecule is CCN(Cc1cc(Br)c(N)c(C(=O)OCCOC(=O)CC2(C)Cc3cc(OC)ccc3N2C(=O)c2ccc(Cl)cc2)c1)C1CCCCC1. The van der Waals surface area contributed by atoms with Crippen molar-refractivity contribution in [3.8, 4) is 5.75 Å². The Labute approximate surface area is 295 Å². The van der Waals surface area contributed by atoms with E-state index in [4.69, 9.17) is 31.5 Å². The summed E-state index contributed by atoms with van der Waals surface area (Å²) in [5.74, 6) is -0.703. The molecule has 1 fully saturated rings. The van der Waals surface area contributed by atoms with Crippen LogP contribution < -0.4 is 15.4 Å². The summed E-state index contributed by atoms with van der Waals surface area (Å²) in [5.41, 5.74) is 8.93. The highest BCUT2D eigenvalue weighted by Crippen LogP contribution is 2.43. The molecule has 1 amide bonds. The molecule has 3 aromatic carbocycles. The number of anilines is 2. The lowest BCUT2D eigenvalue weighted by molar-refractivity contribution is -0.145. The Hall–Kier alpha value is -3.60. The number of nitrogens with zero attached hydrogens (tertiary/aromatic N) is 2. The van der Waals surface area contributed by atoms with Gasteiger partial charge in [0.15, 0.2) is 0 Å². The highest BCUT2D eigenvalue weighted by atomic mass is 79.9. The lowest BCUT2D eigenvalue weighted by Crippen LogP contribution is -2.49. The lowest BCUT2D eigenvalue weighted by Gasteiger charge is -2.35. The van der Waals surface area contributed by atoms with E-state index >= 15 is 0 Å². The standard InChI is InChI=1S/C37H43BrClN3O6/c1-4-41(28-8-6-5-7-9-28)23-24-18-30(34(40)31(38)19-24)36(45)48-17-16-47-33(43)22-37(2)21-26-20-29(46-3)14-15-32(26)42(37)35(44)25-10-12-27(39)13-11-25/h10-15,18-20,28H,4-9,16-17,21-23,40H2,1-3H3. The number of ether oxygens (including phenoxy) is 3. The highest BCUT2D eigenvalue weighted by molar-refractivity contribution is 9.10. The van der Waals surface area contributed by atoms with Crippen LogP contribution in [-0.4, -0.2) is 61.2 Å². The maximum atomic E-state index is 13.8. The molecule has 1 unspecified atom stereocenters. The predicted octanol–water partition coefficient (Wildman–Crippen LogP) is 7.60. The number of rotatable bonds is 12. The molecule has 11 heteroatoms. The molecular weight excluding hydrogens is 698 g/mol. The van der Waals surface area contributed by atoms with Crippen molar-refractivity contribution < 1.29 is 28.6 Å². The average Bonchev–Trinajstić information content (AvgIpc) is 3.37. The zero-order chi connectivity index (χ0) is 34.4. The number of amides is 1. The van der Waals surface area contributed by atoms with Crippen LogP contribution in [0.1, 0.15) is 84.2 Å². The minimum Gasteiger partial charge on any atom is -0.497 e. The molecule has 1 atom stereocenters. The molecule has 0 spiro atoms. The second-order valence-corrected chi connectivity index (χ2v) is 14.0. The van der Waals surface area contributed by atoms with Crippen LogP contribution in [0.3, 0.4) is 0 Å². The summed E-state index contributed by atoms with van der Waals surface area (Å²) >= 11 is 9.57. The van der Waals surface area contributed by atoms with Crippen molar-refractivity contribution in [1.82, 2.24) is 4.90 Å². The topological polar surface area (TPSA) is 111 Å². The zero-order valence-corrected chi connectivity index (χ0v) is 30.1. The lowest BCUT2D eigenvalue weighted by atomic mass is 9.92. The number of fused-ring (bicyclic) bond motifs is 1. The Bertz CT molecular complexity index is 1640. The summed E-state index contributed by atoms with van der Waals surface area (Å²) in [7, 11) is 1.58. The molecule has 0 aromatic heterocycles. The van der Waals surface area contributed by atoms with Crippen molar-refractivity contribution in [2.24, 2.45) is 0 Å². The van der Waals surface area contributed by atoms with Crippen molar-refractivity contribution in [2.75, 3.05) is 37.5 Å². The van der Waals surface area contributed by atoms with Gasteiger partial charge < -0.3 is 24.8 Å². The molecule has 3 aromatic rings. The van der Waals surface area contributed by atoms with Crippen LogP contribution in [0.4, 0.5) is 11.4 Å². The molecular formula is C37H43BrClN3O6. The molecule has 1 heterocycles. The van der Waals surface area contributed by atoms with E-state index in [9.17, 15) is 14.4 Å². The van der Waals surface area contributed by atoms with Crippen molar-refractivity contribution in [3.05, 3.63) is 86.3 Å². The second-order valence-electron chi connectivity index (χ2n) is 12.7. The molecule has 1 saturated carbocycles. The van der Waals surface area contributed by atoms with E-state index in [-0.39, 0.29) is 31.1 Å². The summed E-state index contributed by atoms with van der Waals surface area (Å²) < 4.78 is 17.1. The fourth-order valence-corrected chi connectivity index (χ4v) is 7.52. The fourth-order valence-electron chi connectivity index (χ4n) is 6.89. The van der Waals surface area contributed by atoms with Gasteiger partial charge in [0.25, 0.3) is 5.91 Å². The maximum absolute atomic E-state index is 13.8. The molecule has 1 aliphatic carbocycles. The zero-order valence-electron chi connectivity index (χ0n) is 27.7. The first-order valence-corrected chi connectivity index (χ1v) is 17.6. The summed E-state index contributed by atoms with van der Waals surface area (Å²) in [6.07, 6.45) is 6.51. The van der Waals surface area contributed by atoms with Crippen molar-refractivity contribution in [2.45, 2.75) is 76.9 Å². The van der Waals surface area contributed by atoms with Crippen LogP contribution in [0.2, 0.25) is 5.02 Å². The normalized spacial score (nSPS) is 17.7. The summed E-state index contributed by atoms with van der Waals surface area (Å²) in [5, 5.41) is 0.519. The van der Waals surface area contributed by atoms with Crippen molar-refractivity contribution in [1.29, 1.82) is 0 Å². The fraction of sp³-hybridized carbons (Fsp3) is 0.432. The third-order valence-corrected chi connectivity index (χ3v) is 10.2. The van der Waals surface area contributed by atoms with Crippen LogP contribution in [0.15, 0.2) is 59.1 Å². The van der Waals surface area contributed by atoms with Gasteiger partial charge in [-0.05, 0) is 114 Å². The van der Waals surface area contributed by atoms with E-state index in [1.54, 1.807) is 48.4 Å². The van der Waals surface area contributed by atoms with Crippen LogP contribution in [-0.2, 0) is 27.2 Å². The van der Waals surface area contributed by atoms with Crippen molar-refractivity contribution in [3.63, 3.8) is 0 Å². The van der Waals surface area contributed by atoms with E-state index < -0.39 is 17.5 Å². The Kier molecular flexibility index (Phi) is 11.7. The number of methoxy groups -OCH3 is 1. The van der Waals surface area contributed by atoms with Crippen LogP contribution in [0, 0.1) is 0 Å².